The van der Waals surface area contributed by atoms with Crippen molar-refractivity contribution in [3.8, 4) is 0 Å². The van der Waals surface area contributed by atoms with Gasteiger partial charge in [-0.1, -0.05) is 4.73 Å². The molecule has 1 aromatic rings. The van der Waals surface area contributed by atoms with Gasteiger partial charge in [-0.25, -0.2) is 4.79 Å². The number of rotatable bonds is 4. The van der Waals surface area contributed by atoms with Crippen LogP contribution in [-0.4, -0.2) is 37.3 Å². The first-order chi connectivity index (χ1) is 10.9. The molecule has 10 nitrogen and oxygen atoms in total. The van der Waals surface area contributed by atoms with Crippen LogP contribution >= 0.6 is 22.6 Å². The van der Waals surface area contributed by atoms with Crippen molar-refractivity contribution in [1.82, 2.24) is 9.46 Å². The summed E-state index contributed by atoms with van der Waals surface area (Å²) in [5.74, 6) is 0. The van der Waals surface area contributed by atoms with Crippen LogP contribution in [0.3, 0.4) is 0 Å². The number of aromatic nitrogens is 2. The average molecular weight is 534 g/mol. The Morgan fingerprint density at radius 3 is 1.68 bits per heavy atom. The molecule has 0 N–H and O–H groups in total. The van der Waals surface area contributed by atoms with E-state index in [9.17, 15) is 52.8 Å². The summed E-state index contributed by atoms with van der Waals surface area (Å²) in [6, 6.07) is 0. The molecule has 0 aliphatic heterocycles. The topological polar surface area (TPSA) is 131 Å². The van der Waals surface area contributed by atoms with E-state index in [-0.39, 0.29) is 6.20 Å². The van der Waals surface area contributed by atoms with Crippen LogP contribution in [0.2, 0.25) is 0 Å². The molecule has 0 atom stereocenters. The average Bonchev–Trinajstić information content (AvgIpc) is 2.38. The van der Waals surface area contributed by atoms with Gasteiger partial charge < -0.3 is 0 Å². The molecule has 0 amide bonds. The molecule has 0 radical (unpaired) electrons. The molecule has 0 spiro atoms. The van der Waals surface area contributed by atoms with Gasteiger partial charge in [0, 0.05) is 0 Å². The normalized spacial score (nSPS) is 13.6. The van der Waals surface area contributed by atoms with Crippen LogP contribution in [0.5, 0.6) is 0 Å². The summed E-state index contributed by atoms with van der Waals surface area (Å²) in [5.41, 5.74) is -16.4. The van der Waals surface area contributed by atoms with Gasteiger partial charge in [0.1, 0.15) is 3.57 Å². The van der Waals surface area contributed by atoms with E-state index in [0.29, 0.717) is 0 Å². The first-order valence-electron chi connectivity index (χ1n) is 4.97. The summed E-state index contributed by atoms with van der Waals surface area (Å²) in [6.07, 6.45) is 0.0502. The van der Waals surface area contributed by atoms with Crippen LogP contribution in [0, 0.1) is 3.57 Å². The molecule has 0 aliphatic rings. The van der Waals surface area contributed by atoms with Crippen LogP contribution < -0.4 is 19.8 Å². The molecule has 0 unspecified atom stereocenters. The number of hydrogen-bond acceptors (Lipinski definition) is 8. The second kappa shape index (κ2) is 6.34. The zero-order chi connectivity index (χ0) is 20.0. The molecule has 1 aromatic heterocycles. The van der Waals surface area contributed by atoms with Crippen molar-refractivity contribution >= 4 is 42.8 Å². The van der Waals surface area contributed by atoms with Gasteiger partial charge >= 0.3 is 42.5 Å². The minimum atomic E-state index is -6.58. The molecule has 0 aromatic carbocycles. The van der Waals surface area contributed by atoms with E-state index in [4.69, 9.17) is 0 Å². The summed E-state index contributed by atoms with van der Waals surface area (Å²) in [4.78, 5) is 23.0. The Morgan fingerprint density at radius 1 is 0.880 bits per heavy atom. The summed E-state index contributed by atoms with van der Waals surface area (Å²) in [5, 5.41) is 0. The number of hydrogen-bond donors (Lipinski definition) is 0. The molecule has 1 heterocycles. The fraction of sp³-hybridized carbons (Fsp3) is 0.333. The maximum absolute atomic E-state index is 12.2. The molecule has 1 rings (SSSR count). The summed E-state index contributed by atoms with van der Waals surface area (Å²) in [6.45, 7) is 0. The fourth-order valence-electron chi connectivity index (χ4n) is 0.894. The predicted octanol–water partition coefficient (Wildman–Crippen LogP) is -0.829. The Balaban J connectivity index is 3.58. The maximum Gasteiger partial charge on any atom is 0.536 e. The van der Waals surface area contributed by atoms with Crippen LogP contribution in [-0.2, 0) is 20.2 Å². The highest BCUT2D eigenvalue weighted by Gasteiger charge is 2.51. The number of halogens is 7. The largest absolute Gasteiger partial charge is 0.536 e. The van der Waals surface area contributed by atoms with Gasteiger partial charge in [-0.3, -0.25) is 13.4 Å². The van der Waals surface area contributed by atoms with Gasteiger partial charge in [0.25, 0.3) is 0 Å². The SMILES string of the molecule is O=c1c(I)cn(OS(=O)(=O)C(F)(F)F)c(=O)n1OS(=O)(=O)C(F)(F)F. The quantitative estimate of drug-likeness (QED) is 0.278. The highest BCUT2D eigenvalue weighted by molar-refractivity contribution is 14.1. The molecular formula is C6HF6IN2O8S2. The third-order valence-electron chi connectivity index (χ3n) is 1.90. The Bertz CT molecular complexity index is 1000. The molecule has 0 aliphatic carbocycles. The monoisotopic (exact) mass is 534 g/mol. The first kappa shape index (κ1) is 21.5. The number of alkyl halides is 6. The van der Waals surface area contributed by atoms with Crippen molar-refractivity contribution < 1.29 is 51.7 Å². The van der Waals surface area contributed by atoms with Crippen LogP contribution in [0.15, 0.2) is 15.8 Å². The lowest BCUT2D eigenvalue weighted by Gasteiger charge is -2.13. The van der Waals surface area contributed by atoms with Gasteiger partial charge in [0.05, 0.1) is 6.20 Å². The molecule has 0 bridgehead atoms. The van der Waals surface area contributed by atoms with Gasteiger partial charge in [0.2, 0.25) is 0 Å². The molecule has 25 heavy (non-hydrogen) atoms. The van der Waals surface area contributed by atoms with E-state index in [2.05, 4.69) is 8.57 Å². The molecule has 0 saturated carbocycles. The second-order valence-electron chi connectivity index (χ2n) is 3.63. The lowest BCUT2D eigenvalue weighted by atomic mass is 10.7. The third kappa shape index (κ3) is 4.37. The standard InChI is InChI=1S/C6HF6IN2O8S2/c7-5(8,9)24(18,19)22-14-1-2(13)3(16)15(4(14)17)23-25(20,21)6(10,11)12/h1H. The minimum absolute atomic E-state index is 0.0502. The van der Waals surface area contributed by atoms with E-state index >= 15 is 0 Å². The van der Waals surface area contributed by atoms with E-state index in [1.165, 1.54) is 0 Å². The summed E-state index contributed by atoms with van der Waals surface area (Å²) in [7, 11) is -13.1. The van der Waals surface area contributed by atoms with Gasteiger partial charge in [-0.05, 0) is 22.6 Å². The zero-order valence-electron chi connectivity index (χ0n) is 10.7. The van der Waals surface area contributed by atoms with E-state index < -0.39 is 55.5 Å². The van der Waals surface area contributed by atoms with Gasteiger partial charge in [-0.15, -0.1) is 4.73 Å². The van der Waals surface area contributed by atoms with Crippen LogP contribution in [0.25, 0.3) is 0 Å². The molecule has 144 valence electrons. The van der Waals surface area contributed by atoms with Crippen molar-refractivity contribution in [1.29, 1.82) is 0 Å². The molecule has 0 fully saturated rings. The van der Waals surface area contributed by atoms with Crippen molar-refractivity contribution in [2.75, 3.05) is 0 Å². The highest BCUT2D eigenvalue weighted by atomic mass is 127. The third-order valence-corrected chi connectivity index (χ3v) is 4.48. The molecular weight excluding hydrogens is 533 g/mol. The van der Waals surface area contributed by atoms with Crippen molar-refractivity contribution in [2.24, 2.45) is 0 Å². The van der Waals surface area contributed by atoms with E-state index in [1.54, 1.807) is 0 Å². The Kier molecular flexibility index (Phi) is 5.46. The van der Waals surface area contributed by atoms with Crippen LogP contribution in [0.4, 0.5) is 26.3 Å². The maximum atomic E-state index is 12.2. The van der Waals surface area contributed by atoms with Crippen molar-refractivity contribution in [3.05, 3.63) is 30.6 Å². The Morgan fingerprint density at radius 2 is 1.28 bits per heavy atom. The van der Waals surface area contributed by atoms with E-state index in [0.717, 1.165) is 22.6 Å². The minimum Gasteiger partial charge on any atom is -0.276 e. The zero-order valence-corrected chi connectivity index (χ0v) is 14.5. The lowest BCUT2D eigenvalue weighted by molar-refractivity contribution is -0.0571. The Hall–Kier alpha value is -1.51. The van der Waals surface area contributed by atoms with E-state index in [1.807, 2.05) is 0 Å². The smallest absolute Gasteiger partial charge is 0.276 e. The van der Waals surface area contributed by atoms with Gasteiger partial charge in [0.15, 0.2) is 0 Å². The van der Waals surface area contributed by atoms with Crippen molar-refractivity contribution in [3.63, 3.8) is 0 Å². The summed E-state index contributed by atoms with van der Waals surface area (Å²) >= 11 is 0.932. The highest BCUT2D eigenvalue weighted by Crippen LogP contribution is 2.23. The lowest BCUT2D eigenvalue weighted by Crippen LogP contribution is -2.51. The van der Waals surface area contributed by atoms with Gasteiger partial charge in [-0.2, -0.15) is 43.2 Å². The first-order valence-corrected chi connectivity index (χ1v) is 8.87. The summed E-state index contributed by atoms with van der Waals surface area (Å²) < 4.78 is 120. The fourth-order valence-corrected chi connectivity index (χ4v) is 2.18. The predicted molar refractivity (Wildman–Crippen MR) is 70.8 cm³/mol. The second-order valence-corrected chi connectivity index (χ2v) is 7.84. The Labute approximate surface area is 145 Å². The molecule has 0 saturated heterocycles. The number of nitrogens with zero attached hydrogens (tertiary/aromatic N) is 2. The van der Waals surface area contributed by atoms with Crippen molar-refractivity contribution in [2.45, 2.75) is 11.0 Å². The molecule has 19 heteroatoms. The van der Waals surface area contributed by atoms with Crippen LogP contribution in [0.1, 0.15) is 0 Å².